The van der Waals surface area contributed by atoms with Crippen LogP contribution in [0.4, 0.5) is 0 Å². The number of imide groups is 1. The fourth-order valence-electron chi connectivity index (χ4n) is 1.39. The first-order valence-electron chi connectivity index (χ1n) is 5.00. The lowest BCUT2D eigenvalue weighted by atomic mass is 10.1. The minimum Gasteiger partial charge on any atom is -0.294 e. The number of carbonyl (C=O) groups is 2. The minimum absolute atomic E-state index is 0.0531. The zero-order valence-electron chi connectivity index (χ0n) is 8.92. The molecule has 1 heterocycles. The quantitative estimate of drug-likeness (QED) is 0.729. The Bertz CT molecular complexity index is 251. The highest BCUT2D eigenvalue weighted by molar-refractivity contribution is 8.02. The van der Waals surface area contributed by atoms with Gasteiger partial charge in [-0.2, -0.15) is 0 Å². The summed E-state index contributed by atoms with van der Waals surface area (Å²) in [4.78, 5) is 22.8. The molecule has 1 atom stereocenters. The molecule has 1 rings (SSSR count). The number of nitrogens with one attached hydrogen (secondary N) is 1. The van der Waals surface area contributed by atoms with E-state index in [0.29, 0.717) is 0 Å². The largest absolute Gasteiger partial charge is 0.294 e. The van der Waals surface area contributed by atoms with E-state index < -0.39 is 4.75 Å². The van der Waals surface area contributed by atoms with Gasteiger partial charge in [0.1, 0.15) is 0 Å². The van der Waals surface area contributed by atoms with Crippen LogP contribution in [0.15, 0.2) is 0 Å². The molecule has 3 nitrogen and oxygen atoms in total. The number of carbonyl (C=O) groups excluding carboxylic acids is 2. The fourth-order valence-corrected chi connectivity index (χ4v) is 2.70. The summed E-state index contributed by atoms with van der Waals surface area (Å²) in [6, 6.07) is 0. The van der Waals surface area contributed by atoms with Gasteiger partial charge >= 0.3 is 0 Å². The van der Waals surface area contributed by atoms with E-state index in [1.807, 2.05) is 13.8 Å². The zero-order chi connectivity index (χ0) is 10.8. The van der Waals surface area contributed by atoms with Crippen molar-refractivity contribution < 1.29 is 9.59 Å². The van der Waals surface area contributed by atoms with E-state index in [1.54, 1.807) is 0 Å². The van der Waals surface area contributed by atoms with Crippen molar-refractivity contribution in [1.82, 2.24) is 5.32 Å². The summed E-state index contributed by atoms with van der Waals surface area (Å²) >= 11 is 1.48. The van der Waals surface area contributed by atoms with E-state index in [2.05, 4.69) is 12.2 Å². The monoisotopic (exact) mass is 215 g/mol. The van der Waals surface area contributed by atoms with Crippen molar-refractivity contribution in [3.8, 4) is 0 Å². The third kappa shape index (κ3) is 2.50. The standard InChI is InChI=1S/C10H17NO2S/c1-4-5-6-7-8(12)11-9(13)10(2,3)14-7/h7H,4-6H2,1-3H3,(H,11,12,13)/t7-/m0/s1. The Labute approximate surface area is 89.0 Å². The van der Waals surface area contributed by atoms with Gasteiger partial charge in [0, 0.05) is 0 Å². The first-order valence-corrected chi connectivity index (χ1v) is 5.88. The van der Waals surface area contributed by atoms with E-state index in [4.69, 9.17) is 0 Å². The van der Waals surface area contributed by atoms with E-state index in [0.717, 1.165) is 19.3 Å². The number of hydrogen-bond acceptors (Lipinski definition) is 3. The van der Waals surface area contributed by atoms with Gasteiger partial charge in [0.25, 0.3) is 0 Å². The van der Waals surface area contributed by atoms with Crippen LogP contribution in [0.25, 0.3) is 0 Å². The van der Waals surface area contributed by atoms with Crippen LogP contribution in [0.3, 0.4) is 0 Å². The molecule has 1 fully saturated rings. The Kier molecular flexibility index (Phi) is 3.59. The van der Waals surface area contributed by atoms with Gasteiger partial charge in [-0.15, -0.1) is 11.8 Å². The van der Waals surface area contributed by atoms with Crippen molar-refractivity contribution in [2.75, 3.05) is 0 Å². The molecule has 1 N–H and O–H groups in total. The lowest BCUT2D eigenvalue weighted by Gasteiger charge is -2.32. The van der Waals surface area contributed by atoms with Crippen molar-refractivity contribution in [2.24, 2.45) is 0 Å². The van der Waals surface area contributed by atoms with E-state index in [1.165, 1.54) is 11.8 Å². The van der Waals surface area contributed by atoms with Gasteiger partial charge in [-0.05, 0) is 20.3 Å². The molecular weight excluding hydrogens is 198 g/mol. The highest BCUT2D eigenvalue weighted by atomic mass is 32.2. The summed E-state index contributed by atoms with van der Waals surface area (Å²) in [5, 5.41) is 2.38. The molecule has 14 heavy (non-hydrogen) atoms. The molecule has 0 aromatic heterocycles. The number of hydrogen-bond donors (Lipinski definition) is 1. The van der Waals surface area contributed by atoms with Crippen molar-refractivity contribution in [3.05, 3.63) is 0 Å². The smallest absolute Gasteiger partial charge is 0.242 e. The predicted molar refractivity (Wildman–Crippen MR) is 58.1 cm³/mol. The zero-order valence-corrected chi connectivity index (χ0v) is 9.74. The van der Waals surface area contributed by atoms with Crippen molar-refractivity contribution in [1.29, 1.82) is 0 Å². The predicted octanol–water partition coefficient (Wildman–Crippen LogP) is 1.71. The number of thioether (sulfide) groups is 1. The van der Waals surface area contributed by atoms with Crippen LogP contribution in [-0.4, -0.2) is 21.8 Å². The second-order valence-electron chi connectivity index (χ2n) is 4.08. The molecule has 1 saturated heterocycles. The summed E-state index contributed by atoms with van der Waals surface area (Å²) in [5.41, 5.74) is 0. The normalized spacial score (nSPS) is 26.1. The van der Waals surface area contributed by atoms with E-state index in [-0.39, 0.29) is 17.1 Å². The second kappa shape index (κ2) is 4.34. The highest BCUT2D eigenvalue weighted by Gasteiger charge is 2.40. The second-order valence-corrected chi connectivity index (χ2v) is 5.90. The number of rotatable bonds is 3. The van der Waals surface area contributed by atoms with E-state index in [9.17, 15) is 9.59 Å². The maximum Gasteiger partial charge on any atom is 0.242 e. The molecule has 0 saturated carbocycles. The lowest BCUT2D eigenvalue weighted by Crippen LogP contribution is -2.52. The van der Waals surface area contributed by atoms with Gasteiger partial charge in [-0.1, -0.05) is 19.8 Å². The fraction of sp³-hybridized carbons (Fsp3) is 0.800. The summed E-state index contributed by atoms with van der Waals surface area (Å²) in [6.45, 7) is 5.82. The molecule has 80 valence electrons. The summed E-state index contributed by atoms with van der Waals surface area (Å²) in [6.07, 6.45) is 2.98. The van der Waals surface area contributed by atoms with Crippen LogP contribution in [0.5, 0.6) is 0 Å². The Morgan fingerprint density at radius 3 is 2.64 bits per heavy atom. The van der Waals surface area contributed by atoms with Gasteiger partial charge in [0.05, 0.1) is 10.00 Å². The maximum absolute atomic E-state index is 11.4. The first kappa shape index (κ1) is 11.6. The SMILES string of the molecule is CCCC[C@@H]1SC(C)(C)C(=O)NC1=O. The third-order valence-electron chi connectivity index (χ3n) is 2.33. The summed E-state index contributed by atoms with van der Waals surface area (Å²) in [7, 11) is 0. The van der Waals surface area contributed by atoms with Gasteiger partial charge in [0.2, 0.25) is 11.8 Å². The van der Waals surface area contributed by atoms with Gasteiger partial charge in [0.15, 0.2) is 0 Å². The third-order valence-corrected chi connectivity index (χ3v) is 3.84. The molecule has 0 spiro atoms. The highest BCUT2D eigenvalue weighted by Crippen LogP contribution is 2.34. The Balaban J connectivity index is 2.61. The molecule has 0 radical (unpaired) electrons. The minimum atomic E-state index is -0.466. The Morgan fingerprint density at radius 2 is 2.07 bits per heavy atom. The van der Waals surface area contributed by atoms with Crippen molar-refractivity contribution >= 4 is 23.6 Å². The molecule has 4 heteroatoms. The van der Waals surface area contributed by atoms with Crippen LogP contribution < -0.4 is 5.32 Å². The van der Waals surface area contributed by atoms with Crippen LogP contribution in [0, 0.1) is 0 Å². The van der Waals surface area contributed by atoms with Gasteiger partial charge in [-0.3, -0.25) is 14.9 Å². The topological polar surface area (TPSA) is 46.2 Å². The molecule has 2 amide bonds. The molecular formula is C10H17NO2S. The Morgan fingerprint density at radius 1 is 1.43 bits per heavy atom. The van der Waals surface area contributed by atoms with Crippen LogP contribution in [0.2, 0.25) is 0 Å². The molecule has 1 aliphatic rings. The average Bonchev–Trinajstić information content (AvgIpc) is 2.09. The Hall–Kier alpha value is -0.510. The summed E-state index contributed by atoms with van der Waals surface area (Å²) in [5.74, 6) is -0.284. The van der Waals surface area contributed by atoms with Crippen molar-refractivity contribution in [2.45, 2.75) is 50.0 Å². The van der Waals surface area contributed by atoms with E-state index >= 15 is 0 Å². The molecule has 0 aromatic rings. The van der Waals surface area contributed by atoms with Gasteiger partial charge in [-0.25, -0.2) is 0 Å². The van der Waals surface area contributed by atoms with Crippen LogP contribution >= 0.6 is 11.8 Å². The molecule has 0 aromatic carbocycles. The van der Waals surface area contributed by atoms with Crippen LogP contribution in [-0.2, 0) is 9.59 Å². The summed E-state index contributed by atoms with van der Waals surface area (Å²) < 4.78 is -0.466. The maximum atomic E-state index is 11.4. The average molecular weight is 215 g/mol. The number of unbranched alkanes of at least 4 members (excludes halogenated alkanes) is 1. The van der Waals surface area contributed by atoms with Crippen molar-refractivity contribution in [3.63, 3.8) is 0 Å². The molecule has 1 aliphatic heterocycles. The molecule has 0 aliphatic carbocycles. The molecule has 0 unspecified atom stereocenters. The first-order chi connectivity index (χ1) is 6.47. The molecule has 0 bridgehead atoms. The van der Waals surface area contributed by atoms with Gasteiger partial charge < -0.3 is 0 Å². The van der Waals surface area contributed by atoms with Crippen LogP contribution in [0.1, 0.15) is 40.0 Å². The lowest BCUT2D eigenvalue weighted by molar-refractivity contribution is -0.132. The number of amides is 2.